The summed E-state index contributed by atoms with van der Waals surface area (Å²) in [6.07, 6.45) is 7.44. The maximum absolute atomic E-state index is 12.7. The average Bonchev–Trinajstić information content (AvgIpc) is 3.23. The predicted molar refractivity (Wildman–Crippen MR) is 91.2 cm³/mol. The molecule has 0 aliphatic carbocycles. The van der Waals surface area contributed by atoms with E-state index in [-0.39, 0.29) is 5.91 Å². The number of imidazole rings is 1. The number of fused-ring (bicyclic) bond motifs is 1. The van der Waals surface area contributed by atoms with Crippen LogP contribution in [0.2, 0.25) is 0 Å². The molecule has 2 aliphatic heterocycles. The Morgan fingerprint density at radius 2 is 2.33 bits per heavy atom. The van der Waals surface area contributed by atoms with Crippen LogP contribution >= 0.6 is 0 Å². The quantitative estimate of drug-likeness (QED) is 0.871. The molecule has 0 spiro atoms. The van der Waals surface area contributed by atoms with Gasteiger partial charge in [0.25, 0.3) is 0 Å². The monoisotopic (exact) mass is 325 g/mol. The van der Waals surface area contributed by atoms with Crippen molar-refractivity contribution in [3.05, 3.63) is 47.5 Å². The van der Waals surface area contributed by atoms with E-state index in [9.17, 15) is 4.79 Å². The highest BCUT2D eigenvalue weighted by Crippen LogP contribution is 2.27. The smallest absolute Gasteiger partial charge is 0.227 e. The zero-order valence-corrected chi connectivity index (χ0v) is 14.1. The van der Waals surface area contributed by atoms with E-state index in [4.69, 9.17) is 4.74 Å². The lowest BCUT2D eigenvalue weighted by Gasteiger charge is -2.34. The van der Waals surface area contributed by atoms with Crippen molar-refractivity contribution < 1.29 is 9.53 Å². The number of hydrogen-bond donors (Lipinski definition) is 0. The first kappa shape index (κ1) is 15.2. The van der Waals surface area contributed by atoms with E-state index in [1.807, 2.05) is 36.4 Å². The van der Waals surface area contributed by atoms with Gasteiger partial charge in [-0.1, -0.05) is 12.1 Å². The molecule has 1 atom stereocenters. The molecule has 5 heteroatoms. The molecule has 24 heavy (non-hydrogen) atoms. The molecule has 2 aromatic rings. The Hall–Kier alpha value is -2.30. The lowest BCUT2D eigenvalue weighted by atomic mass is 10.0. The van der Waals surface area contributed by atoms with Gasteiger partial charge in [-0.15, -0.1) is 0 Å². The Morgan fingerprint density at radius 3 is 3.17 bits per heavy atom. The number of piperidine rings is 1. The van der Waals surface area contributed by atoms with Crippen LogP contribution in [0.5, 0.6) is 5.75 Å². The van der Waals surface area contributed by atoms with E-state index in [1.165, 1.54) is 5.56 Å². The molecule has 1 saturated heterocycles. The van der Waals surface area contributed by atoms with Crippen LogP contribution in [-0.2, 0) is 17.6 Å². The SMILES string of the molecule is Cc1nccn1[C@@H]1CCCN(C(=O)Cc2ccc3c(c2)CCO3)C1. The predicted octanol–water partition coefficient (Wildman–Crippen LogP) is 2.53. The number of benzene rings is 1. The first-order valence-electron chi connectivity index (χ1n) is 8.72. The number of aromatic nitrogens is 2. The van der Waals surface area contributed by atoms with E-state index >= 15 is 0 Å². The summed E-state index contributed by atoms with van der Waals surface area (Å²) in [7, 11) is 0. The van der Waals surface area contributed by atoms with Crippen LogP contribution in [0, 0.1) is 6.92 Å². The van der Waals surface area contributed by atoms with Crippen molar-refractivity contribution in [2.24, 2.45) is 0 Å². The molecule has 0 radical (unpaired) electrons. The van der Waals surface area contributed by atoms with E-state index in [1.54, 1.807) is 0 Å². The molecular formula is C19H23N3O2. The van der Waals surface area contributed by atoms with E-state index in [2.05, 4.69) is 15.6 Å². The second-order valence-electron chi connectivity index (χ2n) is 6.73. The molecular weight excluding hydrogens is 302 g/mol. The number of rotatable bonds is 3. The van der Waals surface area contributed by atoms with Crippen molar-refractivity contribution in [3.8, 4) is 5.75 Å². The van der Waals surface area contributed by atoms with Crippen LogP contribution in [0.4, 0.5) is 0 Å². The third kappa shape index (κ3) is 2.90. The van der Waals surface area contributed by atoms with Crippen molar-refractivity contribution in [2.45, 2.75) is 38.6 Å². The van der Waals surface area contributed by atoms with Gasteiger partial charge in [-0.3, -0.25) is 4.79 Å². The summed E-state index contributed by atoms with van der Waals surface area (Å²) < 4.78 is 7.74. The third-order valence-corrected chi connectivity index (χ3v) is 5.11. The third-order valence-electron chi connectivity index (χ3n) is 5.11. The topological polar surface area (TPSA) is 47.4 Å². The van der Waals surface area contributed by atoms with Gasteiger partial charge in [0.15, 0.2) is 0 Å². The minimum Gasteiger partial charge on any atom is -0.493 e. The fourth-order valence-corrected chi connectivity index (χ4v) is 3.82. The Kier molecular flexibility index (Phi) is 4.00. The molecule has 1 aromatic heterocycles. The van der Waals surface area contributed by atoms with Crippen molar-refractivity contribution in [1.29, 1.82) is 0 Å². The first-order valence-corrected chi connectivity index (χ1v) is 8.72. The van der Waals surface area contributed by atoms with Crippen molar-refractivity contribution >= 4 is 5.91 Å². The highest BCUT2D eigenvalue weighted by molar-refractivity contribution is 5.79. The number of carbonyl (C=O) groups is 1. The molecule has 3 heterocycles. The molecule has 1 aromatic carbocycles. The molecule has 5 nitrogen and oxygen atoms in total. The van der Waals surface area contributed by atoms with Gasteiger partial charge in [0, 0.05) is 31.9 Å². The normalized spacial score (nSPS) is 19.9. The van der Waals surface area contributed by atoms with Crippen molar-refractivity contribution in [3.63, 3.8) is 0 Å². The number of amides is 1. The minimum absolute atomic E-state index is 0.219. The van der Waals surface area contributed by atoms with Crippen LogP contribution in [-0.4, -0.2) is 40.1 Å². The maximum atomic E-state index is 12.7. The van der Waals surface area contributed by atoms with Gasteiger partial charge < -0.3 is 14.2 Å². The van der Waals surface area contributed by atoms with E-state index in [0.717, 1.165) is 56.1 Å². The summed E-state index contributed by atoms with van der Waals surface area (Å²) in [5.41, 5.74) is 2.32. The van der Waals surface area contributed by atoms with E-state index in [0.29, 0.717) is 12.5 Å². The van der Waals surface area contributed by atoms with Crippen LogP contribution in [0.15, 0.2) is 30.6 Å². The Balaban J connectivity index is 1.43. The summed E-state index contributed by atoms with van der Waals surface area (Å²) in [4.78, 5) is 19.1. The number of nitrogens with zero attached hydrogens (tertiary/aromatic N) is 3. The van der Waals surface area contributed by atoms with Gasteiger partial charge in [0.05, 0.1) is 19.1 Å². The van der Waals surface area contributed by atoms with Gasteiger partial charge in [-0.2, -0.15) is 0 Å². The lowest BCUT2D eigenvalue weighted by Crippen LogP contribution is -2.41. The summed E-state index contributed by atoms with van der Waals surface area (Å²) in [5.74, 6) is 2.21. The molecule has 0 bridgehead atoms. The standard InChI is InChI=1S/C19H23N3O2/c1-14-20-7-9-22(14)17-3-2-8-21(13-17)19(23)12-15-4-5-18-16(11-15)6-10-24-18/h4-5,7,9,11,17H,2-3,6,8,10,12-13H2,1H3/t17-/m1/s1. The second-order valence-corrected chi connectivity index (χ2v) is 6.73. The maximum Gasteiger partial charge on any atom is 0.227 e. The zero-order valence-electron chi connectivity index (χ0n) is 14.1. The molecule has 2 aliphatic rings. The molecule has 1 amide bonds. The molecule has 0 unspecified atom stereocenters. The summed E-state index contributed by atoms with van der Waals surface area (Å²) in [6, 6.07) is 6.49. The molecule has 4 rings (SSSR count). The number of ether oxygens (including phenoxy) is 1. The highest BCUT2D eigenvalue weighted by atomic mass is 16.5. The van der Waals surface area contributed by atoms with Gasteiger partial charge in [-0.25, -0.2) is 4.98 Å². The highest BCUT2D eigenvalue weighted by Gasteiger charge is 2.25. The van der Waals surface area contributed by atoms with E-state index < -0.39 is 0 Å². The van der Waals surface area contributed by atoms with Gasteiger partial charge in [0.2, 0.25) is 5.91 Å². The number of hydrogen-bond acceptors (Lipinski definition) is 3. The van der Waals surface area contributed by atoms with Gasteiger partial charge in [0.1, 0.15) is 11.6 Å². The minimum atomic E-state index is 0.219. The fourth-order valence-electron chi connectivity index (χ4n) is 3.82. The van der Waals surface area contributed by atoms with Gasteiger partial charge >= 0.3 is 0 Å². The van der Waals surface area contributed by atoms with Crippen LogP contribution in [0.1, 0.15) is 35.8 Å². The van der Waals surface area contributed by atoms with Crippen molar-refractivity contribution in [1.82, 2.24) is 14.5 Å². The van der Waals surface area contributed by atoms with Crippen LogP contribution in [0.3, 0.4) is 0 Å². The van der Waals surface area contributed by atoms with Gasteiger partial charge in [-0.05, 0) is 37.0 Å². The fraction of sp³-hybridized carbons (Fsp3) is 0.474. The van der Waals surface area contributed by atoms with Crippen LogP contribution in [0.25, 0.3) is 0 Å². The zero-order chi connectivity index (χ0) is 16.5. The Bertz CT molecular complexity index is 753. The first-order chi connectivity index (χ1) is 11.7. The number of aryl methyl sites for hydroxylation is 1. The summed E-state index contributed by atoms with van der Waals surface area (Å²) in [5, 5.41) is 0. The molecule has 126 valence electrons. The average molecular weight is 325 g/mol. The van der Waals surface area contributed by atoms with Crippen molar-refractivity contribution in [2.75, 3.05) is 19.7 Å². The summed E-state index contributed by atoms with van der Waals surface area (Å²) >= 11 is 0. The molecule has 0 saturated carbocycles. The van der Waals surface area contributed by atoms with Crippen LogP contribution < -0.4 is 4.74 Å². The Labute approximate surface area is 142 Å². The lowest BCUT2D eigenvalue weighted by molar-refractivity contribution is -0.132. The Morgan fingerprint density at radius 1 is 1.42 bits per heavy atom. The number of likely N-dealkylation sites (tertiary alicyclic amines) is 1. The molecule has 1 fully saturated rings. The number of carbonyl (C=O) groups excluding carboxylic acids is 1. The second kappa shape index (κ2) is 6.30. The summed E-state index contributed by atoms with van der Waals surface area (Å²) in [6.45, 7) is 4.42. The molecule has 0 N–H and O–H groups in total. The largest absolute Gasteiger partial charge is 0.493 e.